The van der Waals surface area contributed by atoms with E-state index in [-0.39, 0.29) is 29.0 Å². The second-order valence-corrected chi connectivity index (χ2v) is 18.3. The fraction of sp³-hybridized carbons (Fsp3) is 0.949. The maximum Gasteiger partial charge on any atom is 0.188 e. The van der Waals surface area contributed by atoms with Crippen molar-refractivity contribution in [3.63, 3.8) is 0 Å². The van der Waals surface area contributed by atoms with Crippen LogP contribution in [0.3, 0.4) is 0 Å². The van der Waals surface area contributed by atoms with Crippen molar-refractivity contribution in [1.82, 2.24) is 0 Å². The standard InChI is InChI=1S/C39H64O13/c1-18(2)8-13-39(47)19(3)28-25(52-39)15-24-22-7-6-20-14-21(9-11-37(20,4)23(22)10-12-38(24,28)5)48-36-34(32(45)30(43)27(17-41)50-36)51-35-33(46)31(44)29(42)26(16-40)49-35/h8,13,18-36,40-47H,6-7,9-12,14-17H2,1-5H3/b13-8+/t19-,20?,21?,22?,23?,24?,25?,26?,27?,28-,29?,30?,31?,32?,33?,34?,35?,36?,37-,38-,39?/m0/s1. The molecule has 3 heterocycles. The lowest BCUT2D eigenvalue weighted by atomic mass is 9.44. The Morgan fingerprint density at radius 3 is 2.08 bits per heavy atom. The maximum absolute atomic E-state index is 11.6. The highest BCUT2D eigenvalue weighted by Crippen LogP contribution is 2.70. The molecular formula is C39H64O13. The second kappa shape index (κ2) is 14.6. The highest BCUT2D eigenvalue weighted by molar-refractivity contribution is 5.17. The van der Waals surface area contributed by atoms with E-state index in [0.29, 0.717) is 35.5 Å². The monoisotopic (exact) mass is 740 g/mol. The predicted octanol–water partition coefficient (Wildman–Crippen LogP) is 1.20. The zero-order valence-corrected chi connectivity index (χ0v) is 31.3. The van der Waals surface area contributed by atoms with E-state index in [0.717, 1.165) is 51.4 Å². The van der Waals surface area contributed by atoms with Crippen LogP contribution >= 0.6 is 0 Å². The molecule has 7 rings (SSSR count). The molecule has 0 aromatic heterocycles. The van der Waals surface area contributed by atoms with Gasteiger partial charge in [-0.15, -0.1) is 0 Å². The zero-order valence-electron chi connectivity index (χ0n) is 31.3. The van der Waals surface area contributed by atoms with Crippen molar-refractivity contribution in [1.29, 1.82) is 0 Å². The van der Waals surface area contributed by atoms with Crippen LogP contribution in [-0.4, -0.2) is 133 Å². The van der Waals surface area contributed by atoms with Crippen LogP contribution in [0.25, 0.3) is 0 Å². The molecule has 0 radical (unpaired) electrons. The van der Waals surface area contributed by atoms with Crippen molar-refractivity contribution in [3.8, 4) is 0 Å². The lowest BCUT2D eigenvalue weighted by Crippen LogP contribution is -2.65. The molecule has 7 aliphatic rings. The smallest absolute Gasteiger partial charge is 0.188 e. The summed E-state index contributed by atoms with van der Waals surface area (Å²) in [7, 11) is 0. The third-order valence-electron chi connectivity index (χ3n) is 15.2. The van der Waals surface area contributed by atoms with E-state index in [9.17, 15) is 40.9 Å². The molecule has 13 nitrogen and oxygen atoms in total. The molecule has 0 bridgehead atoms. The maximum atomic E-state index is 11.6. The molecule has 8 N–H and O–H groups in total. The van der Waals surface area contributed by atoms with Crippen LogP contribution in [0.4, 0.5) is 0 Å². The van der Waals surface area contributed by atoms with E-state index >= 15 is 0 Å². The Morgan fingerprint density at radius 1 is 0.750 bits per heavy atom. The first-order valence-electron chi connectivity index (χ1n) is 19.9. The normalized spacial score (nSPS) is 56.3. The number of ether oxygens (including phenoxy) is 5. The minimum Gasteiger partial charge on any atom is -0.394 e. The van der Waals surface area contributed by atoms with E-state index < -0.39 is 80.4 Å². The highest BCUT2D eigenvalue weighted by Gasteiger charge is 2.68. The van der Waals surface area contributed by atoms with Crippen molar-refractivity contribution in [2.45, 2.75) is 165 Å². The molecule has 21 atom stereocenters. The molecule has 3 saturated heterocycles. The summed E-state index contributed by atoms with van der Waals surface area (Å²) in [6.07, 6.45) is -2.99. The van der Waals surface area contributed by atoms with E-state index in [1.807, 2.05) is 6.08 Å². The zero-order chi connectivity index (χ0) is 37.5. The lowest BCUT2D eigenvalue weighted by Gasteiger charge is -2.61. The van der Waals surface area contributed by atoms with Gasteiger partial charge in [0.25, 0.3) is 0 Å². The first-order chi connectivity index (χ1) is 24.6. The van der Waals surface area contributed by atoms with Gasteiger partial charge in [-0.3, -0.25) is 0 Å². The summed E-state index contributed by atoms with van der Waals surface area (Å²) in [4.78, 5) is 0. The summed E-state index contributed by atoms with van der Waals surface area (Å²) < 4.78 is 30.5. The number of aliphatic hydroxyl groups is 8. The second-order valence-electron chi connectivity index (χ2n) is 18.3. The Morgan fingerprint density at radius 2 is 1.40 bits per heavy atom. The largest absolute Gasteiger partial charge is 0.394 e. The number of rotatable bonds is 8. The topological polar surface area (TPSA) is 208 Å². The van der Waals surface area contributed by atoms with E-state index in [1.165, 1.54) is 0 Å². The molecule has 4 aliphatic carbocycles. The van der Waals surface area contributed by atoms with Gasteiger partial charge in [-0.2, -0.15) is 0 Å². The van der Waals surface area contributed by atoms with Gasteiger partial charge in [-0.05, 0) is 104 Å². The van der Waals surface area contributed by atoms with Crippen molar-refractivity contribution in [2.24, 2.45) is 52.3 Å². The van der Waals surface area contributed by atoms with E-state index in [1.54, 1.807) is 0 Å². The van der Waals surface area contributed by atoms with Gasteiger partial charge in [-0.25, -0.2) is 0 Å². The number of hydrogen-bond donors (Lipinski definition) is 8. The SMILES string of the molecule is CC(C)/C=C/C1(O)OC2CC3C4CCC5CC(OC6OC(CO)C(O)C(O)C6OC6OC(CO)C(O)C(O)C6O)CC[C@]5(C)C4CC[C@]3(C)[C@H]2[C@@H]1C. The molecule has 17 unspecified atom stereocenters. The van der Waals surface area contributed by atoms with Crippen LogP contribution in [0.2, 0.25) is 0 Å². The fourth-order valence-electron chi connectivity index (χ4n) is 12.3. The molecule has 298 valence electrons. The van der Waals surface area contributed by atoms with Gasteiger partial charge >= 0.3 is 0 Å². The first kappa shape index (κ1) is 39.5. The average Bonchev–Trinajstić information content (AvgIpc) is 3.55. The third kappa shape index (κ3) is 6.45. The molecule has 0 spiro atoms. The van der Waals surface area contributed by atoms with Crippen molar-refractivity contribution >= 4 is 0 Å². The van der Waals surface area contributed by atoms with Crippen LogP contribution in [0.1, 0.15) is 86.0 Å². The summed E-state index contributed by atoms with van der Waals surface area (Å²) >= 11 is 0. The van der Waals surface area contributed by atoms with Gasteiger partial charge in [-0.1, -0.05) is 40.7 Å². The molecule has 0 aromatic rings. The average molecular weight is 741 g/mol. The summed E-state index contributed by atoms with van der Waals surface area (Å²) in [5.74, 6) is 1.60. The highest BCUT2D eigenvalue weighted by atomic mass is 16.8. The molecule has 3 aliphatic heterocycles. The van der Waals surface area contributed by atoms with Crippen molar-refractivity contribution in [3.05, 3.63) is 12.2 Å². The summed E-state index contributed by atoms with van der Waals surface area (Å²) in [6, 6.07) is 0. The van der Waals surface area contributed by atoms with Gasteiger partial charge in [0, 0.05) is 5.92 Å². The van der Waals surface area contributed by atoms with Crippen LogP contribution in [-0.2, 0) is 23.7 Å². The third-order valence-corrected chi connectivity index (χ3v) is 15.2. The summed E-state index contributed by atoms with van der Waals surface area (Å²) in [5.41, 5.74) is 0.242. The number of aliphatic hydroxyl groups excluding tert-OH is 7. The van der Waals surface area contributed by atoms with Crippen molar-refractivity contribution < 1.29 is 64.5 Å². The van der Waals surface area contributed by atoms with Gasteiger partial charge in [0.2, 0.25) is 0 Å². The molecular weight excluding hydrogens is 676 g/mol. The number of hydrogen-bond acceptors (Lipinski definition) is 13. The van der Waals surface area contributed by atoms with Gasteiger partial charge in [0.15, 0.2) is 18.4 Å². The first-order valence-corrected chi connectivity index (χ1v) is 19.9. The molecule has 52 heavy (non-hydrogen) atoms. The minimum atomic E-state index is -1.72. The van der Waals surface area contributed by atoms with Crippen molar-refractivity contribution in [2.75, 3.05) is 13.2 Å². The molecule has 0 aromatic carbocycles. The van der Waals surface area contributed by atoms with Gasteiger partial charge < -0.3 is 64.5 Å². The molecule has 7 fully saturated rings. The Labute approximate surface area is 307 Å². The van der Waals surface area contributed by atoms with Gasteiger partial charge in [0.1, 0.15) is 48.8 Å². The molecule has 13 heteroatoms. The molecule has 4 saturated carbocycles. The number of fused-ring (bicyclic) bond motifs is 7. The Balaban J connectivity index is 1.03. The van der Waals surface area contributed by atoms with Crippen LogP contribution < -0.4 is 0 Å². The lowest BCUT2D eigenvalue weighted by molar-refractivity contribution is -0.373. The van der Waals surface area contributed by atoms with Crippen LogP contribution in [0.5, 0.6) is 0 Å². The number of allylic oxidation sites excluding steroid dienone is 1. The van der Waals surface area contributed by atoms with Crippen LogP contribution in [0, 0.1) is 52.3 Å². The Kier molecular flexibility index (Phi) is 11.1. The Hall–Kier alpha value is -0.780. The van der Waals surface area contributed by atoms with Crippen LogP contribution in [0.15, 0.2) is 12.2 Å². The fourth-order valence-corrected chi connectivity index (χ4v) is 12.3. The van der Waals surface area contributed by atoms with E-state index in [2.05, 4.69) is 40.7 Å². The summed E-state index contributed by atoms with van der Waals surface area (Å²) in [5, 5.41) is 84.2. The van der Waals surface area contributed by atoms with Gasteiger partial charge in [0.05, 0.1) is 25.4 Å². The van der Waals surface area contributed by atoms with E-state index in [4.69, 9.17) is 23.7 Å². The predicted molar refractivity (Wildman–Crippen MR) is 185 cm³/mol. The Bertz CT molecular complexity index is 1280. The minimum absolute atomic E-state index is 0.0270. The quantitative estimate of drug-likeness (QED) is 0.130. The summed E-state index contributed by atoms with van der Waals surface area (Å²) in [6.45, 7) is 10.1. The molecule has 0 amide bonds.